The molecule has 1 heterocycles. The number of halogens is 2. The van der Waals surface area contributed by atoms with Gasteiger partial charge in [-0.05, 0) is 18.2 Å². The van der Waals surface area contributed by atoms with Crippen molar-refractivity contribution in [2.45, 2.75) is 11.4 Å². The van der Waals surface area contributed by atoms with Crippen molar-refractivity contribution in [2.24, 2.45) is 0 Å². The van der Waals surface area contributed by atoms with E-state index in [0.29, 0.717) is 0 Å². The molecule has 20 heavy (non-hydrogen) atoms. The first-order valence-electron chi connectivity index (χ1n) is 5.62. The number of nitrogen functional groups attached to an aromatic ring is 1. The Labute approximate surface area is 114 Å². The summed E-state index contributed by atoms with van der Waals surface area (Å²) < 4.78 is 54.1. The predicted molar refractivity (Wildman–Crippen MR) is 68.2 cm³/mol. The van der Waals surface area contributed by atoms with Crippen molar-refractivity contribution in [1.82, 2.24) is 14.5 Å². The molecule has 0 unspecified atom stereocenters. The SMILES string of the molecule is Nc1c(F)ccc(S(=O)(=O)NCCn2cccn2)c1F. The smallest absolute Gasteiger partial charge is 0.243 e. The molecule has 0 radical (unpaired) electrons. The van der Waals surface area contributed by atoms with Gasteiger partial charge in [0.05, 0.1) is 6.54 Å². The van der Waals surface area contributed by atoms with Crippen molar-refractivity contribution >= 4 is 15.7 Å². The van der Waals surface area contributed by atoms with Gasteiger partial charge in [0.15, 0.2) is 5.82 Å². The van der Waals surface area contributed by atoms with Crippen LogP contribution in [-0.2, 0) is 16.6 Å². The molecular weight excluding hydrogens is 290 g/mol. The van der Waals surface area contributed by atoms with Crippen LogP contribution in [0.5, 0.6) is 0 Å². The van der Waals surface area contributed by atoms with E-state index in [2.05, 4.69) is 9.82 Å². The Balaban J connectivity index is 2.12. The van der Waals surface area contributed by atoms with Crippen molar-refractivity contribution in [1.29, 1.82) is 0 Å². The average Bonchev–Trinajstić information content (AvgIpc) is 2.88. The first-order chi connectivity index (χ1) is 9.42. The highest BCUT2D eigenvalue weighted by molar-refractivity contribution is 7.89. The Hall–Kier alpha value is -2.00. The minimum absolute atomic E-state index is 0.0146. The molecule has 0 spiro atoms. The fourth-order valence-electron chi connectivity index (χ4n) is 1.56. The van der Waals surface area contributed by atoms with E-state index in [-0.39, 0.29) is 13.1 Å². The summed E-state index contributed by atoms with van der Waals surface area (Å²) in [5.41, 5.74) is 4.31. The van der Waals surface area contributed by atoms with Gasteiger partial charge in [-0.2, -0.15) is 5.10 Å². The number of hydrogen-bond donors (Lipinski definition) is 2. The van der Waals surface area contributed by atoms with Crippen LogP contribution >= 0.6 is 0 Å². The van der Waals surface area contributed by atoms with Crippen LogP contribution in [0, 0.1) is 11.6 Å². The minimum Gasteiger partial charge on any atom is -0.394 e. The summed E-state index contributed by atoms with van der Waals surface area (Å²) in [4.78, 5) is -0.683. The lowest BCUT2D eigenvalue weighted by Crippen LogP contribution is -2.28. The van der Waals surface area contributed by atoms with Gasteiger partial charge in [0.25, 0.3) is 0 Å². The topological polar surface area (TPSA) is 90.0 Å². The number of aromatic nitrogens is 2. The molecule has 9 heteroatoms. The Morgan fingerprint density at radius 3 is 2.75 bits per heavy atom. The molecule has 0 aliphatic rings. The summed E-state index contributed by atoms with van der Waals surface area (Å²) in [6.45, 7) is 0.297. The predicted octanol–water partition coefficient (Wildman–Crippen LogP) is 0.722. The number of rotatable bonds is 5. The second-order valence-corrected chi connectivity index (χ2v) is 5.68. The molecule has 3 N–H and O–H groups in total. The van der Waals surface area contributed by atoms with Gasteiger partial charge in [0, 0.05) is 18.9 Å². The lowest BCUT2D eigenvalue weighted by Gasteiger charge is -2.09. The molecule has 1 aromatic carbocycles. The number of hydrogen-bond acceptors (Lipinski definition) is 4. The normalized spacial score (nSPS) is 11.7. The number of nitrogens with two attached hydrogens (primary N) is 1. The van der Waals surface area contributed by atoms with E-state index >= 15 is 0 Å². The Morgan fingerprint density at radius 1 is 1.35 bits per heavy atom. The fraction of sp³-hybridized carbons (Fsp3) is 0.182. The second-order valence-electron chi connectivity index (χ2n) is 3.94. The number of sulfonamides is 1. The lowest BCUT2D eigenvalue weighted by molar-refractivity contribution is 0.540. The lowest BCUT2D eigenvalue weighted by atomic mass is 10.3. The molecule has 108 valence electrons. The van der Waals surface area contributed by atoms with E-state index in [0.717, 1.165) is 12.1 Å². The largest absolute Gasteiger partial charge is 0.394 e. The maximum Gasteiger partial charge on any atom is 0.243 e. The summed E-state index contributed by atoms with van der Waals surface area (Å²) in [5.74, 6) is -2.30. The van der Waals surface area contributed by atoms with E-state index in [9.17, 15) is 17.2 Å². The van der Waals surface area contributed by atoms with Crippen LogP contribution in [0.3, 0.4) is 0 Å². The molecule has 6 nitrogen and oxygen atoms in total. The van der Waals surface area contributed by atoms with Crippen molar-refractivity contribution in [3.05, 3.63) is 42.2 Å². The molecular formula is C11H12F2N4O2S. The Bertz CT molecular complexity index is 701. The van der Waals surface area contributed by atoms with E-state index in [1.807, 2.05) is 0 Å². The van der Waals surface area contributed by atoms with Crippen molar-refractivity contribution in [3.63, 3.8) is 0 Å². The van der Waals surface area contributed by atoms with Crippen molar-refractivity contribution in [3.8, 4) is 0 Å². The van der Waals surface area contributed by atoms with Gasteiger partial charge in [-0.1, -0.05) is 0 Å². The summed E-state index contributed by atoms with van der Waals surface area (Å²) in [7, 11) is -4.10. The monoisotopic (exact) mass is 302 g/mol. The van der Waals surface area contributed by atoms with Crippen LogP contribution in [0.1, 0.15) is 0 Å². The maximum absolute atomic E-state index is 13.7. The zero-order valence-electron chi connectivity index (χ0n) is 10.3. The summed E-state index contributed by atoms with van der Waals surface area (Å²) in [5, 5.41) is 3.89. The highest BCUT2D eigenvalue weighted by atomic mass is 32.2. The van der Waals surface area contributed by atoms with Crippen LogP contribution in [0.4, 0.5) is 14.5 Å². The molecule has 0 fully saturated rings. The highest BCUT2D eigenvalue weighted by Crippen LogP contribution is 2.22. The first-order valence-corrected chi connectivity index (χ1v) is 7.10. The second kappa shape index (κ2) is 5.55. The zero-order chi connectivity index (χ0) is 14.8. The molecule has 1 aromatic heterocycles. The number of benzene rings is 1. The van der Waals surface area contributed by atoms with Crippen molar-refractivity contribution in [2.75, 3.05) is 12.3 Å². The van der Waals surface area contributed by atoms with Gasteiger partial charge >= 0.3 is 0 Å². The van der Waals surface area contributed by atoms with Crippen molar-refractivity contribution < 1.29 is 17.2 Å². The molecule has 0 saturated heterocycles. The number of nitrogens with zero attached hydrogens (tertiary/aromatic N) is 2. The molecule has 0 atom stereocenters. The summed E-state index contributed by atoms with van der Waals surface area (Å²) >= 11 is 0. The van der Waals surface area contributed by atoms with Crippen LogP contribution in [0.15, 0.2) is 35.5 Å². The molecule has 0 amide bonds. The van der Waals surface area contributed by atoms with E-state index in [1.54, 1.807) is 18.5 Å². The van der Waals surface area contributed by atoms with E-state index in [4.69, 9.17) is 5.73 Å². The van der Waals surface area contributed by atoms with E-state index in [1.165, 1.54) is 4.68 Å². The van der Waals surface area contributed by atoms with Gasteiger partial charge in [-0.3, -0.25) is 4.68 Å². The third-order valence-corrected chi connectivity index (χ3v) is 4.05. The van der Waals surface area contributed by atoms with Crippen LogP contribution in [0.2, 0.25) is 0 Å². The quantitative estimate of drug-likeness (QED) is 0.796. The third-order valence-electron chi connectivity index (χ3n) is 2.57. The van der Waals surface area contributed by atoms with Crippen LogP contribution < -0.4 is 10.5 Å². The maximum atomic E-state index is 13.7. The van der Waals surface area contributed by atoms with E-state index < -0.39 is 32.2 Å². The average molecular weight is 302 g/mol. The molecule has 2 rings (SSSR count). The highest BCUT2D eigenvalue weighted by Gasteiger charge is 2.22. The fourth-order valence-corrected chi connectivity index (χ4v) is 2.67. The van der Waals surface area contributed by atoms with Crippen LogP contribution in [0.25, 0.3) is 0 Å². The zero-order valence-corrected chi connectivity index (χ0v) is 11.1. The third kappa shape index (κ3) is 2.94. The number of anilines is 1. The standard InChI is InChI=1S/C11H12F2N4O2S/c12-8-2-3-9(10(13)11(8)14)20(18,19)16-5-7-17-6-1-4-15-17/h1-4,6,16H,5,7,14H2. The summed E-state index contributed by atoms with van der Waals surface area (Å²) in [6, 6.07) is 3.33. The summed E-state index contributed by atoms with van der Waals surface area (Å²) in [6.07, 6.45) is 3.21. The minimum atomic E-state index is -4.10. The Morgan fingerprint density at radius 2 is 2.10 bits per heavy atom. The van der Waals surface area contributed by atoms with Gasteiger partial charge in [0.1, 0.15) is 16.4 Å². The molecule has 0 bridgehead atoms. The van der Waals surface area contributed by atoms with Gasteiger partial charge in [-0.25, -0.2) is 21.9 Å². The first kappa shape index (κ1) is 14.4. The molecule has 0 aliphatic carbocycles. The Kier molecular flexibility index (Phi) is 4.00. The van der Waals surface area contributed by atoms with Gasteiger partial charge in [0.2, 0.25) is 10.0 Å². The van der Waals surface area contributed by atoms with Gasteiger partial charge in [-0.15, -0.1) is 0 Å². The molecule has 0 saturated carbocycles. The molecule has 2 aromatic rings. The van der Waals surface area contributed by atoms with Crippen LogP contribution in [-0.4, -0.2) is 24.7 Å². The number of nitrogens with one attached hydrogen (secondary N) is 1. The molecule has 0 aliphatic heterocycles. The van der Waals surface area contributed by atoms with Gasteiger partial charge < -0.3 is 5.73 Å².